The fourth-order valence-corrected chi connectivity index (χ4v) is 2.10. The van der Waals surface area contributed by atoms with E-state index in [4.69, 9.17) is 18.9 Å². The molecule has 1 heterocycles. The average molecular weight is 336 g/mol. The molecule has 0 spiro atoms. The van der Waals surface area contributed by atoms with E-state index in [1.807, 2.05) is 0 Å². The van der Waals surface area contributed by atoms with Crippen molar-refractivity contribution in [1.82, 2.24) is 0 Å². The lowest BCUT2D eigenvalue weighted by Crippen LogP contribution is -2.63. The van der Waals surface area contributed by atoms with Gasteiger partial charge in [0, 0.05) is 22.2 Å². The van der Waals surface area contributed by atoms with Crippen LogP contribution in [0.4, 0.5) is 0 Å². The summed E-state index contributed by atoms with van der Waals surface area (Å²) in [4.78, 5) is 45.5. The van der Waals surface area contributed by atoms with Crippen molar-refractivity contribution in [3.63, 3.8) is 0 Å². The number of aliphatic hydroxyl groups is 1. The molecule has 1 fully saturated rings. The molecule has 10 heteroatoms. The number of hydrogen-bond acceptors (Lipinski definition) is 10. The predicted octanol–water partition coefficient (Wildman–Crippen LogP) is -1.08. The van der Waals surface area contributed by atoms with E-state index >= 15 is 0 Å². The Bertz CT molecular complexity index is 493. The van der Waals surface area contributed by atoms with Crippen LogP contribution in [0.3, 0.4) is 0 Å². The molecule has 1 saturated heterocycles. The molecule has 0 radical (unpaired) electrons. The van der Waals surface area contributed by atoms with E-state index in [9.17, 15) is 24.3 Å². The summed E-state index contributed by atoms with van der Waals surface area (Å²) < 4.78 is 24.3. The van der Waals surface area contributed by atoms with Gasteiger partial charge in [-0.1, -0.05) is 0 Å². The maximum absolute atomic E-state index is 11.8. The van der Waals surface area contributed by atoms with Crippen molar-refractivity contribution in [2.24, 2.45) is 0 Å². The number of aliphatic hydroxyl groups excluding tert-OH is 1. The van der Waals surface area contributed by atoms with Gasteiger partial charge in [0.1, 0.15) is 0 Å². The molecule has 0 aliphatic carbocycles. The zero-order chi connectivity index (χ0) is 17.7. The molecule has 1 rings (SSSR count). The number of ether oxygens (including phenoxy) is 5. The molecule has 0 amide bonds. The monoisotopic (exact) mass is 336 g/mol. The first-order valence-corrected chi connectivity index (χ1v) is 6.60. The number of methoxy groups -OCH3 is 1. The van der Waals surface area contributed by atoms with Gasteiger partial charge in [-0.3, -0.25) is 14.4 Å². The van der Waals surface area contributed by atoms with Crippen LogP contribution in [0.15, 0.2) is 0 Å². The van der Waals surface area contributed by atoms with E-state index in [0.29, 0.717) is 0 Å². The van der Waals surface area contributed by atoms with Gasteiger partial charge in [-0.2, -0.15) is 0 Å². The normalized spacial score (nSPS) is 30.0. The summed E-state index contributed by atoms with van der Waals surface area (Å²) in [7, 11) is 1.06. The molecule has 0 bridgehead atoms. The minimum absolute atomic E-state index is 0. The predicted molar refractivity (Wildman–Crippen MR) is 71.7 cm³/mol. The Kier molecular flexibility index (Phi) is 6.46. The van der Waals surface area contributed by atoms with Gasteiger partial charge in [-0.25, -0.2) is 4.79 Å². The third-order valence-corrected chi connectivity index (χ3v) is 2.85. The van der Waals surface area contributed by atoms with Crippen molar-refractivity contribution in [2.75, 3.05) is 7.11 Å². The molecule has 132 valence electrons. The summed E-state index contributed by atoms with van der Waals surface area (Å²) in [5.41, 5.74) is 0. The molecule has 1 unspecified atom stereocenters. The maximum Gasteiger partial charge on any atom is 0.339 e. The Labute approximate surface area is 133 Å². The number of carbonyl (C=O) groups excluding carboxylic acids is 4. The standard InChI is InChI=1S/C13H18O10.H2/c1-5(14)20-8-9(21-6(2)15)11(22-7(3)16)13(18)23-10(8)12(17)19-4;/h8-11,13,18H,1-4H3;1H/t8-,9-,10-,11+,13?;/m0./s1. The van der Waals surface area contributed by atoms with Crippen LogP contribution in [-0.2, 0) is 42.9 Å². The van der Waals surface area contributed by atoms with Crippen LogP contribution in [-0.4, -0.2) is 66.8 Å². The highest BCUT2D eigenvalue weighted by atomic mass is 16.7. The average Bonchev–Trinajstić information content (AvgIpc) is 2.43. The van der Waals surface area contributed by atoms with Crippen molar-refractivity contribution in [3.8, 4) is 0 Å². The van der Waals surface area contributed by atoms with Gasteiger partial charge >= 0.3 is 23.9 Å². The molecule has 1 N–H and O–H groups in total. The van der Waals surface area contributed by atoms with Crippen LogP contribution in [0.1, 0.15) is 22.2 Å². The molecule has 10 nitrogen and oxygen atoms in total. The molecule has 1 aliphatic rings. The van der Waals surface area contributed by atoms with Crippen LogP contribution in [0.2, 0.25) is 0 Å². The summed E-state index contributed by atoms with van der Waals surface area (Å²) in [6.07, 6.45) is -7.75. The van der Waals surface area contributed by atoms with Crippen LogP contribution >= 0.6 is 0 Å². The molecule has 0 aromatic carbocycles. The van der Waals surface area contributed by atoms with Gasteiger partial charge in [-0.15, -0.1) is 0 Å². The first kappa shape index (κ1) is 18.8. The fourth-order valence-electron chi connectivity index (χ4n) is 2.10. The number of hydrogen-bond donors (Lipinski definition) is 1. The maximum atomic E-state index is 11.8. The van der Waals surface area contributed by atoms with Crippen LogP contribution in [0, 0.1) is 0 Å². The second-order valence-corrected chi connectivity index (χ2v) is 4.69. The summed E-state index contributed by atoms with van der Waals surface area (Å²) in [6, 6.07) is 0. The van der Waals surface area contributed by atoms with E-state index in [1.54, 1.807) is 0 Å². The van der Waals surface area contributed by atoms with E-state index in [2.05, 4.69) is 4.74 Å². The van der Waals surface area contributed by atoms with Crippen molar-refractivity contribution in [3.05, 3.63) is 0 Å². The largest absolute Gasteiger partial charge is 0.467 e. The molecular weight excluding hydrogens is 316 g/mol. The van der Waals surface area contributed by atoms with E-state index < -0.39 is 54.6 Å². The third-order valence-electron chi connectivity index (χ3n) is 2.85. The smallest absolute Gasteiger partial charge is 0.339 e. The Balaban J connectivity index is 0.00000529. The van der Waals surface area contributed by atoms with Gasteiger partial charge in [0.05, 0.1) is 7.11 Å². The minimum Gasteiger partial charge on any atom is -0.467 e. The highest BCUT2D eigenvalue weighted by molar-refractivity contribution is 5.77. The van der Waals surface area contributed by atoms with Gasteiger partial charge in [0.25, 0.3) is 0 Å². The minimum atomic E-state index is -1.79. The van der Waals surface area contributed by atoms with Gasteiger partial charge in [-0.05, 0) is 0 Å². The lowest BCUT2D eigenvalue weighted by Gasteiger charge is -2.41. The summed E-state index contributed by atoms with van der Waals surface area (Å²) in [5, 5.41) is 9.93. The van der Waals surface area contributed by atoms with Crippen molar-refractivity contribution in [2.45, 2.75) is 51.5 Å². The van der Waals surface area contributed by atoms with Gasteiger partial charge < -0.3 is 28.8 Å². The van der Waals surface area contributed by atoms with Gasteiger partial charge in [0.2, 0.25) is 0 Å². The molecule has 0 aromatic rings. The Morgan fingerprint density at radius 2 is 1.30 bits per heavy atom. The molecule has 0 saturated carbocycles. The lowest BCUT2D eigenvalue weighted by molar-refractivity contribution is -0.289. The van der Waals surface area contributed by atoms with Gasteiger partial charge in [0.15, 0.2) is 30.7 Å². The SMILES string of the molecule is COC(=O)[C@H]1OC(O)[C@H](OC(C)=O)[C@@H](OC(C)=O)[C@@H]1OC(C)=O.[HH]. The Morgan fingerprint density at radius 3 is 1.74 bits per heavy atom. The number of esters is 4. The van der Waals surface area contributed by atoms with Crippen LogP contribution in [0.5, 0.6) is 0 Å². The van der Waals surface area contributed by atoms with Crippen molar-refractivity contribution < 1.29 is 49.4 Å². The fraction of sp³-hybridized carbons (Fsp3) is 0.692. The first-order valence-electron chi connectivity index (χ1n) is 6.60. The van der Waals surface area contributed by atoms with Crippen LogP contribution in [0.25, 0.3) is 0 Å². The lowest BCUT2D eigenvalue weighted by atomic mass is 9.98. The molecule has 5 atom stereocenters. The molecule has 0 aromatic heterocycles. The molecular formula is C13H20O10. The topological polar surface area (TPSA) is 135 Å². The highest BCUT2D eigenvalue weighted by Gasteiger charge is 2.54. The summed E-state index contributed by atoms with van der Waals surface area (Å²) >= 11 is 0. The zero-order valence-electron chi connectivity index (χ0n) is 13.0. The number of carbonyl (C=O) groups is 4. The highest BCUT2D eigenvalue weighted by Crippen LogP contribution is 2.28. The molecule has 1 aliphatic heterocycles. The third kappa shape index (κ3) is 4.89. The first-order chi connectivity index (χ1) is 10.7. The van der Waals surface area contributed by atoms with E-state index in [1.165, 1.54) is 0 Å². The Hall–Kier alpha value is -2.20. The second kappa shape index (κ2) is 7.88. The van der Waals surface area contributed by atoms with Crippen molar-refractivity contribution in [1.29, 1.82) is 0 Å². The number of rotatable bonds is 4. The molecule has 23 heavy (non-hydrogen) atoms. The van der Waals surface area contributed by atoms with E-state index in [-0.39, 0.29) is 1.43 Å². The Morgan fingerprint density at radius 1 is 0.870 bits per heavy atom. The summed E-state index contributed by atoms with van der Waals surface area (Å²) in [6.45, 7) is 3.18. The van der Waals surface area contributed by atoms with Crippen LogP contribution < -0.4 is 0 Å². The van der Waals surface area contributed by atoms with E-state index in [0.717, 1.165) is 27.9 Å². The second-order valence-electron chi connectivity index (χ2n) is 4.69. The zero-order valence-corrected chi connectivity index (χ0v) is 13.0. The quantitative estimate of drug-likeness (QED) is 0.498. The van der Waals surface area contributed by atoms with Crippen molar-refractivity contribution >= 4 is 23.9 Å². The summed E-state index contributed by atoms with van der Waals surface area (Å²) in [5.74, 6) is -3.37.